The molecule has 0 unspecified atom stereocenters. The number of halogens is 1. The zero-order valence-corrected chi connectivity index (χ0v) is 12.3. The lowest BCUT2D eigenvalue weighted by atomic mass is 10.2. The van der Waals surface area contributed by atoms with Gasteiger partial charge in [-0.1, -0.05) is 6.07 Å². The summed E-state index contributed by atoms with van der Waals surface area (Å²) in [4.78, 5) is 15.2. The van der Waals surface area contributed by atoms with Crippen LogP contribution in [0.15, 0.2) is 30.5 Å². The Labute approximate surface area is 124 Å². The van der Waals surface area contributed by atoms with Gasteiger partial charge in [0.05, 0.1) is 11.9 Å². The number of carboxylic acids is 1. The Kier molecular flexibility index (Phi) is 3.89. The zero-order chi connectivity index (χ0) is 14.0. The first kappa shape index (κ1) is 13.6. The average Bonchev–Trinajstić information content (AvgIpc) is 2.35. The molecule has 0 amide bonds. The number of aromatic carboxylic acids is 1. The molecule has 0 aliphatic heterocycles. The first-order chi connectivity index (χ1) is 8.97. The number of carbonyl (C=O) groups is 1. The van der Waals surface area contributed by atoms with Gasteiger partial charge in [0.15, 0.2) is 0 Å². The highest BCUT2D eigenvalue weighted by Gasteiger charge is 2.13. The van der Waals surface area contributed by atoms with E-state index in [4.69, 9.17) is 10.8 Å². The fourth-order valence-electron chi connectivity index (χ4n) is 1.60. The van der Waals surface area contributed by atoms with Gasteiger partial charge in [0.1, 0.15) is 11.4 Å². The molecule has 0 fully saturated rings. The van der Waals surface area contributed by atoms with E-state index in [2.05, 4.69) is 32.9 Å². The molecule has 1 aromatic heterocycles. The molecule has 19 heavy (non-hydrogen) atoms. The lowest BCUT2D eigenvalue weighted by Crippen LogP contribution is -2.06. The number of nitrogens with one attached hydrogen (secondary N) is 1. The molecule has 1 aromatic carbocycles. The maximum Gasteiger partial charge on any atom is 0.339 e. The minimum atomic E-state index is -1.06. The summed E-state index contributed by atoms with van der Waals surface area (Å²) in [5.74, 6) is -0.780. The molecule has 0 spiro atoms. The highest BCUT2D eigenvalue weighted by atomic mass is 127. The van der Waals surface area contributed by atoms with E-state index in [0.29, 0.717) is 5.69 Å². The largest absolute Gasteiger partial charge is 0.478 e. The average molecular weight is 369 g/mol. The molecule has 5 nitrogen and oxygen atoms in total. The van der Waals surface area contributed by atoms with Crippen LogP contribution in [-0.4, -0.2) is 16.1 Å². The molecule has 0 atom stereocenters. The van der Waals surface area contributed by atoms with Crippen LogP contribution in [0.25, 0.3) is 0 Å². The van der Waals surface area contributed by atoms with Gasteiger partial charge in [-0.25, -0.2) is 9.78 Å². The van der Waals surface area contributed by atoms with E-state index in [1.165, 1.54) is 12.3 Å². The summed E-state index contributed by atoms with van der Waals surface area (Å²) >= 11 is 2.20. The Morgan fingerprint density at radius 1 is 1.42 bits per heavy atom. The van der Waals surface area contributed by atoms with Crippen LogP contribution in [0.2, 0.25) is 0 Å². The molecule has 6 heteroatoms. The monoisotopic (exact) mass is 369 g/mol. The number of nitrogen functional groups attached to an aromatic ring is 1. The Morgan fingerprint density at radius 2 is 2.16 bits per heavy atom. The molecule has 0 saturated carbocycles. The zero-order valence-electron chi connectivity index (χ0n) is 10.1. The molecule has 0 aliphatic rings. The third-order valence-electron chi connectivity index (χ3n) is 2.59. The number of hydrogen-bond donors (Lipinski definition) is 3. The summed E-state index contributed by atoms with van der Waals surface area (Å²) in [5, 5.41) is 12.2. The molecule has 98 valence electrons. The second-order valence-corrected chi connectivity index (χ2v) is 5.30. The normalized spacial score (nSPS) is 10.2. The van der Waals surface area contributed by atoms with E-state index in [0.717, 1.165) is 14.8 Å². The standard InChI is InChI=1S/C13H12IN3O2/c1-7-2-3-8(14)4-11(7)17-12-10(13(18)19)5-9(15)6-16-12/h2-6H,15H2,1H3,(H,16,17)(H,18,19). The number of hydrogen-bond acceptors (Lipinski definition) is 4. The second-order valence-electron chi connectivity index (χ2n) is 4.05. The Balaban J connectivity index is 2.43. The van der Waals surface area contributed by atoms with Gasteiger partial charge >= 0.3 is 5.97 Å². The summed E-state index contributed by atoms with van der Waals surface area (Å²) in [7, 11) is 0. The first-order valence-corrected chi connectivity index (χ1v) is 6.57. The van der Waals surface area contributed by atoms with Crippen molar-refractivity contribution >= 4 is 45.8 Å². The van der Waals surface area contributed by atoms with E-state index < -0.39 is 5.97 Å². The molecular formula is C13H12IN3O2. The van der Waals surface area contributed by atoms with Crippen molar-refractivity contribution in [1.82, 2.24) is 4.98 Å². The van der Waals surface area contributed by atoms with Crippen LogP contribution < -0.4 is 11.1 Å². The van der Waals surface area contributed by atoms with E-state index in [1.807, 2.05) is 25.1 Å². The molecular weight excluding hydrogens is 357 g/mol. The summed E-state index contributed by atoms with van der Waals surface area (Å²) in [5.41, 5.74) is 7.77. The quantitative estimate of drug-likeness (QED) is 0.724. The van der Waals surface area contributed by atoms with Crippen molar-refractivity contribution in [3.8, 4) is 0 Å². The van der Waals surface area contributed by atoms with Gasteiger partial charge < -0.3 is 16.2 Å². The van der Waals surface area contributed by atoms with Crippen molar-refractivity contribution in [2.24, 2.45) is 0 Å². The Hall–Kier alpha value is -1.83. The van der Waals surface area contributed by atoms with Gasteiger partial charge in [-0.15, -0.1) is 0 Å². The van der Waals surface area contributed by atoms with Crippen molar-refractivity contribution in [1.29, 1.82) is 0 Å². The van der Waals surface area contributed by atoms with Crippen LogP contribution in [0.1, 0.15) is 15.9 Å². The predicted octanol–water partition coefficient (Wildman–Crippen LogP) is 3.02. The molecule has 2 rings (SSSR count). The molecule has 0 radical (unpaired) electrons. The van der Waals surface area contributed by atoms with Gasteiger partial charge in [0, 0.05) is 9.26 Å². The molecule has 1 heterocycles. The van der Waals surface area contributed by atoms with Crippen LogP contribution in [0.5, 0.6) is 0 Å². The number of pyridine rings is 1. The van der Waals surface area contributed by atoms with Gasteiger partial charge in [0.25, 0.3) is 0 Å². The van der Waals surface area contributed by atoms with Gasteiger partial charge in [-0.05, 0) is 53.3 Å². The number of nitrogens with zero attached hydrogens (tertiary/aromatic N) is 1. The van der Waals surface area contributed by atoms with Crippen molar-refractivity contribution in [2.45, 2.75) is 6.92 Å². The summed E-state index contributed by atoms with van der Waals surface area (Å²) in [6, 6.07) is 7.26. The first-order valence-electron chi connectivity index (χ1n) is 5.49. The Bertz CT molecular complexity index is 644. The molecule has 0 saturated heterocycles. The number of anilines is 3. The van der Waals surface area contributed by atoms with Crippen LogP contribution >= 0.6 is 22.6 Å². The third kappa shape index (κ3) is 3.14. The third-order valence-corrected chi connectivity index (χ3v) is 3.26. The predicted molar refractivity (Wildman–Crippen MR) is 82.8 cm³/mol. The van der Waals surface area contributed by atoms with Crippen molar-refractivity contribution < 1.29 is 9.90 Å². The summed E-state index contributed by atoms with van der Waals surface area (Å²) in [6.07, 6.45) is 1.43. The number of carboxylic acid groups (broad SMARTS) is 1. The molecule has 2 aromatic rings. The smallest absolute Gasteiger partial charge is 0.339 e. The van der Waals surface area contributed by atoms with Crippen molar-refractivity contribution in [3.05, 3.63) is 45.2 Å². The maximum atomic E-state index is 11.2. The van der Waals surface area contributed by atoms with Gasteiger partial charge in [-0.2, -0.15) is 0 Å². The van der Waals surface area contributed by atoms with E-state index in [-0.39, 0.29) is 11.4 Å². The van der Waals surface area contributed by atoms with E-state index in [9.17, 15) is 4.79 Å². The molecule has 0 aliphatic carbocycles. The van der Waals surface area contributed by atoms with Gasteiger partial charge in [-0.3, -0.25) is 0 Å². The van der Waals surface area contributed by atoms with Crippen LogP contribution in [0, 0.1) is 10.5 Å². The number of benzene rings is 1. The topological polar surface area (TPSA) is 88.2 Å². The molecule has 4 N–H and O–H groups in total. The SMILES string of the molecule is Cc1ccc(I)cc1Nc1ncc(N)cc1C(=O)O. The van der Waals surface area contributed by atoms with Crippen LogP contribution in [0.4, 0.5) is 17.2 Å². The second kappa shape index (κ2) is 5.43. The van der Waals surface area contributed by atoms with Crippen LogP contribution in [-0.2, 0) is 0 Å². The number of aromatic nitrogens is 1. The minimum Gasteiger partial charge on any atom is -0.478 e. The van der Waals surface area contributed by atoms with Gasteiger partial charge in [0.2, 0.25) is 0 Å². The number of rotatable bonds is 3. The molecule has 0 bridgehead atoms. The fourth-order valence-corrected chi connectivity index (χ4v) is 2.09. The highest BCUT2D eigenvalue weighted by molar-refractivity contribution is 14.1. The van der Waals surface area contributed by atoms with E-state index >= 15 is 0 Å². The fraction of sp³-hybridized carbons (Fsp3) is 0.0769. The van der Waals surface area contributed by atoms with Crippen molar-refractivity contribution in [3.63, 3.8) is 0 Å². The van der Waals surface area contributed by atoms with Crippen molar-refractivity contribution in [2.75, 3.05) is 11.1 Å². The lowest BCUT2D eigenvalue weighted by Gasteiger charge is -2.11. The number of nitrogens with two attached hydrogens (primary N) is 1. The van der Waals surface area contributed by atoms with Crippen LogP contribution in [0.3, 0.4) is 0 Å². The summed E-state index contributed by atoms with van der Waals surface area (Å²) < 4.78 is 1.05. The number of aryl methyl sites for hydroxylation is 1. The maximum absolute atomic E-state index is 11.2. The minimum absolute atomic E-state index is 0.0539. The lowest BCUT2D eigenvalue weighted by molar-refractivity contribution is 0.0697. The summed E-state index contributed by atoms with van der Waals surface area (Å²) in [6.45, 7) is 1.94. The Morgan fingerprint density at radius 3 is 2.84 bits per heavy atom. The highest BCUT2D eigenvalue weighted by Crippen LogP contribution is 2.24. The van der Waals surface area contributed by atoms with E-state index in [1.54, 1.807) is 0 Å².